The van der Waals surface area contributed by atoms with E-state index in [1.165, 1.54) is 11.3 Å². The van der Waals surface area contributed by atoms with Gasteiger partial charge in [0.15, 0.2) is 0 Å². The summed E-state index contributed by atoms with van der Waals surface area (Å²) in [5, 5.41) is 13.5. The second-order valence-corrected chi connectivity index (χ2v) is 7.28. The summed E-state index contributed by atoms with van der Waals surface area (Å²) in [7, 11) is 0. The minimum Gasteiger partial charge on any atom is -0.494 e. The second kappa shape index (κ2) is 9.21. The van der Waals surface area contributed by atoms with Gasteiger partial charge >= 0.3 is 0 Å². The Bertz CT molecular complexity index is 858. The van der Waals surface area contributed by atoms with E-state index >= 15 is 0 Å². The lowest BCUT2D eigenvalue weighted by Gasteiger charge is -2.06. The fraction of sp³-hybridized carbons (Fsp3) is 0.222. The molecule has 26 heavy (non-hydrogen) atoms. The number of nitrogens with zero attached hydrogens (tertiary/aromatic N) is 3. The van der Waals surface area contributed by atoms with Crippen molar-refractivity contribution in [2.24, 2.45) is 4.99 Å². The first kappa shape index (κ1) is 18.2. The van der Waals surface area contributed by atoms with Crippen LogP contribution in [0.5, 0.6) is 5.75 Å². The number of hydrogen-bond acceptors (Lipinski definition) is 7. The predicted octanol–water partition coefficient (Wildman–Crippen LogP) is 4.78. The van der Waals surface area contributed by atoms with E-state index in [-0.39, 0.29) is 5.91 Å². The molecule has 134 valence electrons. The minimum atomic E-state index is -0.241. The number of amides is 1. The molecular formula is C18H18N4O2S2. The third-order valence-electron chi connectivity index (χ3n) is 3.36. The first-order valence-corrected chi connectivity index (χ1v) is 9.89. The van der Waals surface area contributed by atoms with Gasteiger partial charge in [0.1, 0.15) is 5.75 Å². The Hall–Kier alpha value is -2.58. The second-order valence-electron chi connectivity index (χ2n) is 5.34. The summed E-state index contributed by atoms with van der Waals surface area (Å²) in [5.41, 5.74) is 0.534. The highest BCUT2D eigenvalue weighted by Gasteiger charge is 2.10. The van der Waals surface area contributed by atoms with Gasteiger partial charge in [-0.05, 0) is 42.1 Å². The third-order valence-corrected chi connectivity index (χ3v) is 4.92. The number of carbonyl (C=O) groups excluding carboxylic acids is 1. The maximum absolute atomic E-state index is 12.3. The molecule has 0 aliphatic heterocycles. The van der Waals surface area contributed by atoms with Gasteiger partial charge in [-0.1, -0.05) is 30.7 Å². The first-order chi connectivity index (χ1) is 12.7. The predicted molar refractivity (Wildman–Crippen MR) is 106 cm³/mol. The molecule has 0 saturated heterocycles. The molecule has 0 atom stereocenters. The number of ether oxygens (including phenoxy) is 1. The molecule has 0 unspecified atom stereocenters. The van der Waals surface area contributed by atoms with Crippen molar-refractivity contribution in [3.05, 3.63) is 52.2 Å². The SMILES string of the molecule is CCCCOc1ccc(C(=O)Nc2nnc(N=Cc3cccs3)s2)cc1. The first-order valence-electron chi connectivity index (χ1n) is 8.20. The lowest BCUT2D eigenvalue weighted by atomic mass is 10.2. The van der Waals surface area contributed by atoms with Crippen LogP contribution in [0.1, 0.15) is 35.0 Å². The molecule has 1 N–H and O–H groups in total. The fourth-order valence-corrected chi connectivity index (χ4v) is 3.18. The van der Waals surface area contributed by atoms with Crippen molar-refractivity contribution in [2.45, 2.75) is 19.8 Å². The molecule has 0 aliphatic rings. The van der Waals surface area contributed by atoms with E-state index in [4.69, 9.17) is 4.74 Å². The van der Waals surface area contributed by atoms with Crippen LogP contribution in [-0.4, -0.2) is 28.9 Å². The summed E-state index contributed by atoms with van der Waals surface area (Å²) in [4.78, 5) is 17.6. The maximum Gasteiger partial charge on any atom is 0.257 e. The van der Waals surface area contributed by atoms with Crippen molar-refractivity contribution < 1.29 is 9.53 Å². The van der Waals surface area contributed by atoms with Gasteiger partial charge in [0, 0.05) is 16.7 Å². The highest BCUT2D eigenvalue weighted by molar-refractivity contribution is 7.19. The topological polar surface area (TPSA) is 76.5 Å². The van der Waals surface area contributed by atoms with Crippen molar-refractivity contribution in [3.8, 4) is 5.75 Å². The number of hydrogen-bond donors (Lipinski definition) is 1. The van der Waals surface area contributed by atoms with Gasteiger partial charge in [0.25, 0.3) is 5.91 Å². The zero-order valence-electron chi connectivity index (χ0n) is 14.2. The summed E-state index contributed by atoms with van der Waals surface area (Å²) >= 11 is 2.81. The van der Waals surface area contributed by atoms with Crippen LogP contribution in [0.4, 0.5) is 10.3 Å². The Morgan fingerprint density at radius 2 is 2.12 bits per heavy atom. The van der Waals surface area contributed by atoms with Crippen molar-refractivity contribution in [2.75, 3.05) is 11.9 Å². The van der Waals surface area contributed by atoms with Gasteiger partial charge in [-0.2, -0.15) is 0 Å². The highest BCUT2D eigenvalue weighted by Crippen LogP contribution is 2.23. The molecule has 0 fully saturated rings. The molecule has 3 rings (SSSR count). The van der Waals surface area contributed by atoms with Crippen molar-refractivity contribution in [1.29, 1.82) is 0 Å². The molecule has 6 nitrogen and oxygen atoms in total. The number of thiophene rings is 1. The largest absolute Gasteiger partial charge is 0.494 e. The van der Waals surface area contributed by atoms with Gasteiger partial charge in [0.2, 0.25) is 10.3 Å². The van der Waals surface area contributed by atoms with E-state index in [1.807, 2.05) is 17.5 Å². The standard InChI is InChI=1S/C18H18N4O2S2/c1-2-3-10-24-14-8-6-13(7-9-14)16(23)20-18-22-21-17(26-18)19-12-15-5-4-11-25-15/h4-9,11-12H,2-3,10H2,1H3,(H,20,22,23). The molecule has 0 aliphatic carbocycles. The highest BCUT2D eigenvalue weighted by atomic mass is 32.1. The molecular weight excluding hydrogens is 368 g/mol. The van der Waals surface area contributed by atoms with Crippen LogP contribution >= 0.6 is 22.7 Å². The molecule has 0 saturated carbocycles. The van der Waals surface area contributed by atoms with Gasteiger partial charge in [-0.3, -0.25) is 10.1 Å². The summed E-state index contributed by atoms with van der Waals surface area (Å²) in [5.74, 6) is 0.520. The number of benzene rings is 1. The summed E-state index contributed by atoms with van der Waals surface area (Å²) < 4.78 is 5.59. The van der Waals surface area contributed by atoms with Crippen LogP contribution in [0.25, 0.3) is 0 Å². The third kappa shape index (κ3) is 5.21. The average molecular weight is 387 g/mol. The number of carbonyl (C=O) groups is 1. The van der Waals surface area contributed by atoms with Crippen LogP contribution in [0, 0.1) is 0 Å². The van der Waals surface area contributed by atoms with Crippen molar-refractivity contribution in [1.82, 2.24) is 10.2 Å². The molecule has 2 heterocycles. The molecule has 1 amide bonds. The zero-order valence-corrected chi connectivity index (χ0v) is 15.8. The monoisotopic (exact) mass is 386 g/mol. The number of nitrogens with one attached hydrogen (secondary N) is 1. The van der Waals surface area contributed by atoms with Crippen molar-refractivity contribution in [3.63, 3.8) is 0 Å². The smallest absolute Gasteiger partial charge is 0.257 e. The average Bonchev–Trinajstić information content (AvgIpc) is 3.32. The maximum atomic E-state index is 12.3. The van der Waals surface area contributed by atoms with E-state index in [9.17, 15) is 4.79 Å². The number of aromatic nitrogens is 2. The Morgan fingerprint density at radius 1 is 1.27 bits per heavy atom. The molecule has 0 spiro atoms. The molecule has 1 aromatic carbocycles. The van der Waals surface area contributed by atoms with Gasteiger partial charge in [-0.15, -0.1) is 21.5 Å². The van der Waals surface area contributed by atoms with E-state index in [1.54, 1.807) is 41.8 Å². The van der Waals surface area contributed by atoms with Crippen LogP contribution in [0.15, 0.2) is 46.8 Å². The van der Waals surface area contributed by atoms with Crippen LogP contribution in [0.2, 0.25) is 0 Å². The normalized spacial score (nSPS) is 11.0. The molecule has 3 aromatic rings. The van der Waals surface area contributed by atoms with Gasteiger partial charge < -0.3 is 4.74 Å². The lowest BCUT2D eigenvalue weighted by molar-refractivity contribution is 0.102. The van der Waals surface area contributed by atoms with E-state index in [2.05, 4.69) is 27.4 Å². The Kier molecular flexibility index (Phi) is 6.45. The number of anilines is 1. The van der Waals surface area contributed by atoms with Crippen LogP contribution in [-0.2, 0) is 0 Å². The number of rotatable bonds is 8. The molecule has 0 radical (unpaired) electrons. The fourth-order valence-electron chi connectivity index (χ4n) is 2.01. The minimum absolute atomic E-state index is 0.241. The van der Waals surface area contributed by atoms with E-state index in [0.717, 1.165) is 23.5 Å². The van der Waals surface area contributed by atoms with E-state index < -0.39 is 0 Å². The number of aliphatic imine (C=N–C) groups is 1. The van der Waals surface area contributed by atoms with Crippen LogP contribution < -0.4 is 10.1 Å². The Labute approximate surface area is 159 Å². The van der Waals surface area contributed by atoms with Crippen LogP contribution in [0.3, 0.4) is 0 Å². The molecule has 2 aromatic heterocycles. The molecule has 0 bridgehead atoms. The van der Waals surface area contributed by atoms with Gasteiger partial charge in [-0.25, -0.2) is 4.99 Å². The Morgan fingerprint density at radius 3 is 2.85 bits per heavy atom. The van der Waals surface area contributed by atoms with Gasteiger partial charge in [0.05, 0.1) is 6.61 Å². The summed E-state index contributed by atoms with van der Waals surface area (Å²) in [6.07, 6.45) is 3.83. The van der Waals surface area contributed by atoms with Crippen molar-refractivity contribution >= 4 is 45.1 Å². The number of unbranched alkanes of at least 4 members (excludes halogenated alkanes) is 1. The summed E-state index contributed by atoms with van der Waals surface area (Å²) in [6.45, 7) is 2.80. The lowest BCUT2D eigenvalue weighted by Crippen LogP contribution is -2.11. The zero-order chi connectivity index (χ0) is 18.2. The summed E-state index contributed by atoms with van der Waals surface area (Å²) in [6, 6.07) is 11.0. The van der Waals surface area contributed by atoms with E-state index in [0.29, 0.717) is 22.4 Å². The molecule has 8 heteroatoms. The Balaban J connectivity index is 1.56. The quantitative estimate of drug-likeness (QED) is 0.446.